The predicted octanol–water partition coefficient (Wildman–Crippen LogP) is 4.85. The fourth-order valence-electron chi connectivity index (χ4n) is 3.43. The molecule has 0 bridgehead atoms. The number of nitrogens with zero attached hydrogens (tertiary/aromatic N) is 3. The Hall–Kier alpha value is -3.22. The highest BCUT2D eigenvalue weighted by atomic mass is 32.2. The summed E-state index contributed by atoms with van der Waals surface area (Å²) < 4.78 is 7.36. The Bertz CT molecular complexity index is 1370. The van der Waals surface area contributed by atoms with Crippen LogP contribution in [0.2, 0.25) is 0 Å². The molecule has 1 aromatic carbocycles. The average molecular weight is 544 g/mol. The van der Waals surface area contributed by atoms with Gasteiger partial charge in [0, 0.05) is 30.2 Å². The van der Waals surface area contributed by atoms with Crippen LogP contribution in [0, 0.1) is 0 Å². The van der Waals surface area contributed by atoms with Crippen LogP contribution >= 0.6 is 34.4 Å². The number of carbonyl (C=O) groups excluding carboxylic acids is 2. The topological polar surface area (TPSA) is 115 Å². The third-order valence-corrected chi connectivity index (χ3v) is 7.76. The largest absolute Gasteiger partial charge is 0.497 e. The number of carbonyl (C=O) groups is 2. The third-order valence-electron chi connectivity index (χ3n) is 5.20. The molecule has 0 spiro atoms. The van der Waals surface area contributed by atoms with Gasteiger partial charge in [-0.3, -0.25) is 19.0 Å². The van der Waals surface area contributed by atoms with E-state index in [0.29, 0.717) is 46.3 Å². The van der Waals surface area contributed by atoms with Gasteiger partial charge >= 0.3 is 0 Å². The minimum Gasteiger partial charge on any atom is -0.497 e. The molecular formula is C24H25N5O4S3. The van der Waals surface area contributed by atoms with E-state index in [1.807, 2.05) is 11.4 Å². The van der Waals surface area contributed by atoms with Crippen LogP contribution in [-0.4, -0.2) is 39.2 Å². The quantitative estimate of drug-likeness (QED) is 0.149. The first-order valence-electron chi connectivity index (χ1n) is 11.3. The standard InChI is InChI=1S/C24H25N5O4S3/c1-33-17-8-6-16(7-9-17)26-19(30)5-3-2-4-12-29-22(32)21-18(10-13-34-21)27-24(29)36-15-20(31)28-23-25-11-14-35-23/h6-11,13-14H,2-5,12,15H2,1H3,(H,26,30)(H,25,28,31). The van der Waals surface area contributed by atoms with Gasteiger partial charge in [-0.1, -0.05) is 18.2 Å². The Morgan fingerprint density at radius 2 is 1.86 bits per heavy atom. The molecule has 0 aliphatic carbocycles. The highest BCUT2D eigenvalue weighted by molar-refractivity contribution is 7.99. The van der Waals surface area contributed by atoms with Gasteiger partial charge in [0.15, 0.2) is 10.3 Å². The van der Waals surface area contributed by atoms with Crippen LogP contribution in [0.5, 0.6) is 5.75 Å². The maximum Gasteiger partial charge on any atom is 0.272 e. The number of hydrogen-bond acceptors (Lipinski definition) is 9. The fourth-order valence-corrected chi connectivity index (χ4v) is 5.58. The zero-order valence-electron chi connectivity index (χ0n) is 19.6. The van der Waals surface area contributed by atoms with Gasteiger partial charge in [0.25, 0.3) is 5.56 Å². The molecule has 0 atom stereocenters. The molecule has 188 valence electrons. The Morgan fingerprint density at radius 3 is 2.61 bits per heavy atom. The number of unbranched alkanes of at least 4 members (excludes halogenated alkanes) is 2. The van der Waals surface area contributed by atoms with E-state index in [0.717, 1.165) is 17.9 Å². The van der Waals surface area contributed by atoms with Gasteiger partial charge in [-0.25, -0.2) is 9.97 Å². The summed E-state index contributed by atoms with van der Waals surface area (Å²) in [6, 6.07) is 9.00. The first-order chi connectivity index (χ1) is 17.5. The van der Waals surface area contributed by atoms with Gasteiger partial charge in [0.2, 0.25) is 11.8 Å². The summed E-state index contributed by atoms with van der Waals surface area (Å²) in [4.78, 5) is 46.3. The molecule has 36 heavy (non-hydrogen) atoms. The molecule has 3 aromatic heterocycles. The number of anilines is 2. The van der Waals surface area contributed by atoms with Crippen LogP contribution in [0.4, 0.5) is 10.8 Å². The number of thiazole rings is 1. The molecule has 0 fully saturated rings. The molecular weight excluding hydrogens is 518 g/mol. The summed E-state index contributed by atoms with van der Waals surface area (Å²) in [5.74, 6) is 0.592. The number of benzene rings is 1. The normalized spacial score (nSPS) is 10.9. The molecule has 0 saturated carbocycles. The van der Waals surface area contributed by atoms with Crippen LogP contribution < -0.4 is 20.9 Å². The number of fused-ring (bicyclic) bond motifs is 1. The molecule has 12 heteroatoms. The third kappa shape index (κ3) is 6.93. The van der Waals surface area contributed by atoms with Crippen molar-refractivity contribution in [2.24, 2.45) is 0 Å². The number of amides is 2. The molecule has 0 radical (unpaired) electrons. The van der Waals surface area contributed by atoms with Crippen LogP contribution in [0.25, 0.3) is 10.2 Å². The van der Waals surface area contributed by atoms with E-state index in [2.05, 4.69) is 20.6 Å². The van der Waals surface area contributed by atoms with Crippen molar-refractivity contribution < 1.29 is 14.3 Å². The summed E-state index contributed by atoms with van der Waals surface area (Å²) in [5.41, 5.74) is 1.26. The Labute approximate surface area is 219 Å². The lowest BCUT2D eigenvalue weighted by Gasteiger charge is -2.12. The van der Waals surface area contributed by atoms with Gasteiger partial charge in [0.05, 0.1) is 18.4 Å². The van der Waals surface area contributed by atoms with Crippen molar-refractivity contribution in [1.29, 1.82) is 0 Å². The van der Waals surface area contributed by atoms with Gasteiger partial charge in [-0.2, -0.15) is 0 Å². The van der Waals surface area contributed by atoms with Gasteiger partial charge in [-0.05, 0) is 48.6 Å². The maximum absolute atomic E-state index is 13.1. The molecule has 9 nitrogen and oxygen atoms in total. The molecule has 3 heterocycles. The van der Waals surface area contributed by atoms with E-state index in [-0.39, 0.29) is 23.1 Å². The lowest BCUT2D eigenvalue weighted by atomic mass is 10.2. The summed E-state index contributed by atoms with van der Waals surface area (Å²) in [5, 5.41) is 10.3. The van der Waals surface area contributed by atoms with Crippen molar-refractivity contribution in [1.82, 2.24) is 14.5 Å². The van der Waals surface area contributed by atoms with E-state index < -0.39 is 0 Å². The van der Waals surface area contributed by atoms with E-state index in [1.165, 1.54) is 34.4 Å². The number of thiophene rings is 1. The summed E-state index contributed by atoms with van der Waals surface area (Å²) in [6.07, 6.45) is 4.21. The van der Waals surface area contributed by atoms with E-state index in [4.69, 9.17) is 4.74 Å². The zero-order chi connectivity index (χ0) is 25.3. The number of hydrogen-bond donors (Lipinski definition) is 2. The van der Waals surface area contributed by atoms with Gasteiger partial charge in [-0.15, -0.1) is 22.7 Å². The van der Waals surface area contributed by atoms with Crippen LogP contribution in [0.1, 0.15) is 25.7 Å². The molecule has 4 aromatic rings. The van der Waals surface area contributed by atoms with Crippen LogP contribution in [-0.2, 0) is 16.1 Å². The lowest BCUT2D eigenvalue weighted by molar-refractivity contribution is -0.116. The van der Waals surface area contributed by atoms with Gasteiger partial charge in [0.1, 0.15) is 10.4 Å². The second kappa shape index (κ2) is 12.7. The molecule has 0 aliphatic heterocycles. The van der Waals surface area contributed by atoms with E-state index in [1.54, 1.807) is 47.5 Å². The number of aromatic nitrogens is 3. The lowest BCUT2D eigenvalue weighted by Crippen LogP contribution is -2.23. The predicted molar refractivity (Wildman–Crippen MR) is 145 cm³/mol. The van der Waals surface area contributed by atoms with Crippen LogP contribution in [0.15, 0.2) is 57.2 Å². The van der Waals surface area contributed by atoms with Crippen molar-refractivity contribution >= 4 is 67.3 Å². The smallest absolute Gasteiger partial charge is 0.272 e. The molecule has 2 N–H and O–H groups in total. The number of ether oxygens (including phenoxy) is 1. The number of methoxy groups -OCH3 is 1. The second-order valence-corrected chi connectivity index (χ2v) is 10.5. The molecule has 0 saturated heterocycles. The monoisotopic (exact) mass is 543 g/mol. The molecule has 0 aliphatic rings. The Morgan fingerprint density at radius 1 is 1.03 bits per heavy atom. The highest BCUT2D eigenvalue weighted by Gasteiger charge is 2.15. The van der Waals surface area contributed by atoms with Crippen molar-refractivity contribution in [2.75, 3.05) is 23.5 Å². The fraction of sp³-hybridized carbons (Fsp3) is 0.292. The minimum absolute atomic E-state index is 0.0542. The zero-order valence-corrected chi connectivity index (χ0v) is 22.0. The number of thioether (sulfide) groups is 1. The number of rotatable bonds is 12. The van der Waals surface area contributed by atoms with Crippen molar-refractivity contribution in [3.05, 3.63) is 57.6 Å². The Balaban J connectivity index is 1.30. The second-order valence-electron chi connectivity index (χ2n) is 7.75. The van der Waals surface area contributed by atoms with E-state index >= 15 is 0 Å². The summed E-state index contributed by atoms with van der Waals surface area (Å²) in [6.45, 7) is 0.468. The Kier molecular flexibility index (Phi) is 9.09. The van der Waals surface area contributed by atoms with Gasteiger partial charge < -0.3 is 15.4 Å². The average Bonchev–Trinajstić information content (AvgIpc) is 3.56. The summed E-state index contributed by atoms with van der Waals surface area (Å²) >= 11 is 3.94. The minimum atomic E-state index is -0.205. The molecule has 2 amide bonds. The maximum atomic E-state index is 13.1. The van der Waals surface area contributed by atoms with E-state index in [9.17, 15) is 14.4 Å². The van der Waals surface area contributed by atoms with Crippen LogP contribution in [0.3, 0.4) is 0 Å². The summed E-state index contributed by atoms with van der Waals surface area (Å²) in [7, 11) is 1.60. The highest BCUT2D eigenvalue weighted by Crippen LogP contribution is 2.22. The first-order valence-corrected chi connectivity index (χ1v) is 14.0. The first kappa shape index (κ1) is 25.9. The SMILES string of the molecule is COc1ccc(NC(=O)CCCCCn2c(SCC(=O)Nc3nccs3)nc3ccsc3c2=O)cc1. The van der Waals surface area contributed by atoms with Crippen molar-refractivity contribution in [2.45, 2.75) is 37.4 Å². The molecule has 4 rings (SSSR count). The van der Waals surface area contributed by atoms with Crippen molar-refractivity contribution in [3.8, 4) is 5.75 Å². The molecule has 0 unspecified atom stereocenters. The number of nitrogens with one attached hydrogen (secondary N) is 2. The van der Waals surface area contributed by atoms with Crippen molar-refractivity contribution in [3.63, 3.8) is 0 Å².